The average molecular weight is 139 g/mol. The summed E-state index contributed by atoms with van der Waals surface area (Å²) in [6.45, 7) is 3.98. The number of nitrogens with two attached hydrogens (primary N) is 1. The van der Waals surface area contributed by atoms with Crippen LogP contribution in [0.3, 0.4) is 0 Å². The van der Waals surface area contributed by atoms with Gasteiger partial charge in [0.25, 0.3) is 0 Å². The smallest absolute Gasteiger partial charge is 0.101 e. The average Bonchev–Trinajstić information content (AvgIpc) is 2.34. The van der Waals surface area contributed by atoms with Gasteiger partial charge >= 0.3 is 0 Å². The molecule has 1 unspecified atom stereocenters. The Morgan fingerprint density at radius 3 is 2.80 bits per heavy atom. The van der Waals surface area contributed by atoms with Gasteiger partial charge in [0.1, 0.15) is 5.76 Å². The van der Waals surface area contributed by atoms with Gasteiger partial charge in [-0.2, -0.15) is 0 Å². The summed E-state index contributed by atoms with van der Waals surface area (Å²) in [5.74, 6) is 0.930. The molecule has 1 atom stereocenters. The summed E-state index contributed by atoms with van der Waals surface area (Å²) in [4.78, 5) is 0. The highest BCUT2D eigenvalue weighted by Gasteiger charge is 2.04. The quantitative estimate of drug-likeness (QED) is 0.680. The summed E-state index contributed by atoms with van der Waals surface area (Å²) in [5.41, 5.74) is 6.84. The predicted octanol–water partition coefficient (Wildman–Crippen LogP) is 2.00. The fourth-order valence-electron chi connectivity index (χ4n) is 0.894. The second-order valence-electron chi connectivity index (χ2n) is 2.51. The Kier molecular flexibility index (Phi) is 2.12. The molecule has 0 saturated heterocycles. The minimum atomic E-state index is 0.137. The summed E-state index contributed by atoms with van der Waals surface area (Å²) in [5, 5.41) is 0. The third-order valence-electron chi connectivity index (χ3n) is 1.62. The Morgan fingerprint density at radius 2 is 2.40 bits per heavy atom. The number of aryl methyl sites for hydroxylation is 1. The monoisotopic (exact) mass is 139 g/mol. The molecular weight excluding hydrogens is 126 g/mol. The molecule has 0 fully saturated rings. The first-order valence-electron chi connectivity index (χ1n) is 3.54. The van der Waals surface area contributed by atoms with Gasteiger partial charge in [0, 0.05) is 11.6 Å². The molecule has 0 saturated carbocycles. The van der Waals surface area contributed by atoms with E-state index in [4.69, 9.17) is 10.2 Å². The third-order valence-corrected chi connectivity index (χ3v) is 1.62. The van der Waals surface area contributed by atoms with Crippen LogP contribution in [0.4, 0.5) is 0 Å². The van der Waals surface area contributed by atoms with Crippen molar-refractivity contribution < 1.29 is 4.42 Å². The van der Waals surface area contributed by atoms with E-state index in [1.807, 2.05) is 13.0 Å². The van der Waals surface area contributed by atoms with Crippen molar-refractivity contribution in [2.24, 2.45) is 5.73 Å². The molecule has 2 nitrogen and oxygen atoms in total. The zero-order valence-corrected chi connectivity index (χ0v) is 6.42. The fourth-order valence-corrected chi connectivity index (χ4v) is 0.894. The number of rotatable bonds is 2. The number of furan rings is 1. The molecule has 0 aliphatic carbocycles. The van der Waals surface area contributed by atoms with E-state index in [-0.39, 0.29) is 6.04 Å². The molecule has 1 aromatic rings. The van der Waals surface area contributed by atoms with Gasteiger partial charge in [-0.15, -0.1) is 0 Å². The molecule has 0 amide bonds. The van der Waals surface area contributed by atoms with Crippen molar-refractivity contribution in [3.63, 3.8) is 0 Å². The summed E-state index contributed by atoms with van der Waals surface area (Å²) < 4.78 is 5.11. The molecular formula is C8H13NO. The van der Waals surface area contributed by atoms with Crippen LogP contribution < -0.4 is 5.73 Å². The molecule has 1 aromatic heterocycles. The van der Waals surface area contributed by atoms with Crippen molar-refractivity contribution in [1.82, 2.24) is 0 Å². The second-order valence-corrected chi connectivity index (χ2v) is 2.51. The van der Waals surface area contributed by atoms with Gasteiger partial charge in [-0.3, -0.25) is 0 Å². The minimum absolute atomic E-state index is 0.137. The highest BCUT2D eigenvalue weighted by molar-refractivity contribution is 5.15. The molecule has 10 heavy (non-hydrogen) atoms. The molecule has 0 radical (unpaired) electrons. The maximum atomic E-state index is 5.75. The molecule has 1 rings (SSSR count). The van der Waals surface area contributed by atoms with Crippen molar-refractivity contribution in [3.05, 3.63) is 23.7 Å². The zero-order valence-electron chi connectivity index (χ0n) is 6.42. The summed E-state index contributed by atoms with van der Waals surface area (Å²) >= 11 is 0. The van der Waals surface area contributed by atoms with E-state index < -0.39 is 0 Å². The van der Waals surface area contributed by atoms with Crippen molar-refractivity contribution >= 4 is 0 Å². The van der Waals surface area contributed by atoms with Gasteiger partial charge in [0.15, 0.2) is 0 Å². The molecule has 0 bridgehead atoms. The standard InChI is InChI=1S/C8H13NO/c1-3-8(9)7-4-6(2)10-5-7/h4-5,8H,3,9H2,1-2H3. The molecule has 0 aliphatic rings. The van der Waals surface area contributed by atoms with Crippen LogP contribution in [-0.4, -0.2) is 0 Å². The third kappa shape index (κ3) is 1.39. The van der Waals surface area contributed by atoms with Crippen molar-refractivity contribution in [3.8, 4) is 0 Å². The molecule has 0 aromatic carbocycles. The molecule has 2 N–H and O–H groups in total. The lowest BCUT2D eigenvalue weighted by Gasteiger charge is -2.02. The van der Waals surface area contributed by atoms with Crippen molar-refractivity contribution in [1.29, 1.82) is 0 Å². The first-order valence-corrected chi connectivity index (χ1v) is 3.54. The van der Waals surface area contributed by atoms with Crippen LogP contribution >= 0.6 is 0 Å². The van der Waals surface area contributed by atoms with E-state index in [9.17, 15) is 0 Å². The summed E-state index contributed by atoms with van der Waals surface area (Å²) in [6.07, 6.45) is 2.68. The Balaban J connectivity index is 2.74. The van der Waals surface area contributed by atoms with Gasteiger partial charge in [-0.1, -0.05) is 6.92 Å². The van der Waals surface area contributed by atoms with Crippen LogP contribution in [0, 0.1) is 6.92 Å². The minimum Gasteiger partial charge on any atom is -0.469 e. The largest absolute Gasteiger partial charge is 0.469 e. The van der Waals surface area contributed by atoms with E-state index in [1.165, 1.54) is 0 Å². The lowest BCUT2D eigenvalue weighted by Crippen LogP contribution is -2.06. The van der Waals surface area contributed by atoms with Gasteiger partial charge in [-0.25, -0.2) is 0 Å². The maximum absolute atomic E-state index is 5.75. The lowest BCUT2D eigenvalue weighted by molar-refractivity contribution is 0.527. The van der Waals surface area contributed by atoms with Crippen LogP contribution in [0.2, 0.25) is 0 Å². The molecule has 0 aliphatic heterocycles. The van der Waals surface area contributed by atoms with E-state index in [2.05, 4.69) is 6.92 Å². The van der Waals surface area contributed by atoms with Crippen LogP contribution in [0.15, 0.2) is 16.7 Å². The Morgan fingerprint density at radius 1 is 1.70 bits per heavy atom. The van der Waals surface area contributed by atoms with E-state index in [0.29, 0.717) is 0 Å². The first-order chi connectivity index (χ1) is 4.74. The summed E-state index contributed by atoms with van der Waals surface area (Å²) in [7, 11) is 0. The van der Waals surface area contributed by atoms with Gasteiger partial charge in [0.2, 0.25) is 0 Å². The lowest BCUT2D eigenvalue weighted by atomic mass is 10.1. The molecule has 56 valence electrons. The molecule has 1 heterocycles. The van der Waals surface area contributed by atoms with Crippen LogP contribution in [0.1, 0.15) is 30.7 Å². The van der Waals surface area contributed by atoms with Crippen molar-refractivity contribution in [2.75, 3.05) is 0 Å². The second kappa shape index (κ2) is 2.88. The Labute approximate surface area is 61.0 Å². The Hall–Kier alpha value is -0.760. The topological polar surface area (TPSA) is 39.2 Å². The zero-order chi connectivity index (χ0) is 7.56. The SMILES string of the molecule is CCC(N)c1coc(C)c1. The highest BCUT2D eigenvalue weighted by atomic mass is 16.3. The van der Waals surface area contributed by atoms with E-state index in [0.717, 1.165) is 17.7 Å². The van der Waals surface area contributed by atoms with Gasteiger partial charge in [0.05, 0.1) is 6.26 Å². The number of hydrogen-bond donors (Lipinski definition) is 1. The van der Waals surface area contributed by atoms with E-state index in [1.54, 1.807) is 6.26 Å². The van der Waals surface area contributed by atoms with Crippen LogP contribution in [-0.2, 0) is 0 Å². The van der Waals surface area contributed by atoms with Gasteiger partial charge in [-0.05, 0) is 19.4 Å². The molecule has 2 heteroatoms. The summed E-state index contributed by atoms with van der Waals surface area (Å²) in [6, 6.07) is 2.12. The van der Waals surface area contributed by atoms with Crippen molar-refractivity contribution in [2.45, 2.75) is 26.3 Å². The highest BCUT2D eigenvalue weighted by Crippen LogP contribution is 2.15. The fraction of sp³-hybridized carbons (Fsp3) is 0.500. The predicted molar refractivity (Wildman–Crippen MR) is 40.7 cm³/mol. The molecule has 0 spiro atoms. The van der Waals surface area contributed by atoms with Crippen LogP contribution in [0.5, 0.6) is 0 Å². The Bertz CT molecular complexity index is 205. The number of hydrogen-bond acceptors (Lipinski definition) is 2. The van der Waals surface area contributed by atoms with Gasteiger partial charge < -0.3 is 10.2 Å². The first kappa shape index (κ1) is 7.35. The van der Waals surface area contributed by atoms with Crippen LogP contribution in [0.25, 0.3) is 0 Å². The normalized spacial score (nSPS) is 13.5. The maximum Gasteiger partial charge on any atom is 0.101 e. The van der Waals surface area contributed by atoms with E-state index >= 15 is 0 Å².